The second-order valence-electron chi connectivity index (χ2n) is 4.84. The van der Waals surface area contributed by atoms with Crippen molar-refractivity contribution in [3.05, 3.63) is 24.0 Å². The minimum atomic E-state index is 0.0888. The Morgan fingerprint density at radius 1 is 1.41 bits per heavy atom. The van der Waals surface area contributed by atoms with Crippen LogP contribution < -0.4 is 4.90 Å². The molecule has 1 saturated heterocycles. The molecule has 94 valence electrons. The Hall–Kier alpha value is -1.13. The monoisotopic (exact) mass is 235 g/mol. The summed E-state index contributed by atoms with van der Waals surface area (Å²) in [5, 5.41) is 9.33. The number of aliphatic hydroxyl groups excluding tert-OH is 1. The van der Waals surface area contributed by atoms with Crippen LogP contribution in [0.5, 0.6) is 0 Å². The molecule has 0 amide bonds. The van der Waals surface area contributed by atoms with Crippen molar-refractivity contribution >= 4 is 5.69 Å². The van der Waals surface area contributed by atoms with Gasteiger partial charge in [0.15, 0.2) is 0 Å². The molecule has 1 aromatic rings. The predicted octanol–water partition coefficient (Wildman–Crippen LogP) is 1.10. The summed E-state index contributed by atoms with van der Waals surface area (Å²) in [4.78, 5) is 8.79. The van der Waals surface area contributed by atoms with Crippen LogP contribution in [0.3, 0.4) is 0 Å². The minimum absolute atomic E-state index is 0.0888. The van der Waals surface area contributed by atoms with Crippen molar-refractivity contribution in [3.8, 4) is 0 Å². The lowest BCUT2D eigenvalue weighted by Gasteiger charge is -2.37. The summed E-state index contributed by atoms with van der Waals surface area (Å²) in [6.45, 7) is 2.18. The standard InChI is InChI=1S/C13H21N3O/c1-15(2)12-4-7-16(8-5-12)13-9-14-6-3-11(13)10-17/h3,6,9,12,17H,4-5,7-8,10H2,1-2H3. The van der Waals surface area contributed by atoms with Crippen LogP contribution in [0.1, 0.15) is 18.4 Å². The number of rotatable bonds is 3. The summed E-state index contributed by atoms with van der Waals surface area (Å²) in [7, 11) is 4.28. The smallest absolute Gasteiger partial charge is 0.0703 e. The lowest BCUT2D eigenvalue weighted by molar-refractivity contribution is 0.248. The van der Waals surface area contributed by atoms with Gasteiger partial charge in [0, 0.05) is 30.9 Å². The van der Waals surface area contributed by atoms with E-state index in [2.05, 4.69) is 28.9 Å². The Bertz CT molecular complexity index is 359. The zero-order chi connectivity index (χ0) is 12.3. The van der Waals surface area contributed by atoms with Gasteiger partial charge in [-0.05, 0) is 33.0 Å². The number of piperidine rings is 1. The van der Waals surface area contributed by atoms with Gasteiger partial charge in [-0.25, -0.2) is 0 Å². The first kappa shape index (κ1) is 12.3. The van der Waals surface area contributed by atoms with Gasteiger partial charge in [-0.3, -0.25) is 4.98 Å². The summed E-state index contributed by atoms with van der Waals surface area (Å²) in [5.74, 6) is 0. The van der Waals surface area contributed by atoms with Gasteiger partial charge in [0.25, 0.3) is 0 Å². The van der Waals surface area contributed by atoms with E-state index >= 15 is 0 Å². The Morgan fingerprint density at radius 2 is 2.12 bits per heavy atom. The van der Waals surface area contributed by atoms with E-state index < -0.39 is 0 Å². The van der Waals surface area contributed by atoms with E-state index in [1.165, 1.54) is 12.8 Å². The lowest BCUT2D eigenvalue weighted by Crippen LogP contribution is -2.42. The molecule has 0 aliphatic carbocycles. The Balaban J connectivity index is 2.05. The van der Waals surface area contributed by atoms with Crippen molar-refractivity contribution in [2.24, 2.45) is 0 Å². The molecule has 1 N–H and O–H groups in total. The quantitative estimate of drug-likeness (QED) is 0.852. The third-order valence-electron chi connectivity index (χ3n) is 3.59. The summed E-state index contributed by atoms with van der Waals surface area (Å²) in [5.41, 5.74) is 2.07. The highest BCUT2D eigenvalue weighted by atomic mass is 16.3. The molecule has 1 aliphatic rings. The third kappa shape index (κ3) is 2.76. The molecule has 2 heterocycles. The molecule has 1 aliphatic heterocycles. The van der Waals surface area contributed by atoms with Crippen molar-refractivity contribution in [1.29, 1.82) is 0 Å². The van der Waals surface area contributed by atoms with E-state index in [0.717, 1.165) is 24.3 Å². The van der Waals surface area contributed by atoms with E-state index in [1.807, 2.05) is 12.3 Å². The van der Waals surface area contributed by atoms with Gasteiger partial charge in [0.2, 0.25) is 0 Å². The topological polar surface area (TPSA) is 39.6 Å². The molecular weight excluding hydrogens is 214 g/mol. The summed E-state index contributed by atoms with van der Waals surface area (Å²) in [6, 6.07) is 2.58. The maximum absolute atomic E-state index is 9.33. The zero-order valence-electron chi connectivity index (χ0n) is 10.6. The normalized spacial score (nSPS) is 17.8. The molecule has 0 atom stereocenters. The lowest BCUT2D eigenvalue weighted by atomic mass is 10.0. The first-order valence-corrected chi connectivity index (χ1v) is 6.17. The second kappa shape index (κ2) is 5.47. The second-order valence-corrected chi connectivity index (χ2v) is 4.84. The molecule has 0 spiro atoms. The first-order chi connectivity index (χ1) is 8.22. The Kier molecular flexibility index (Phi) is 3.97. The molecule has 0 unspecified atom stereocenters. The number of aliphatic hydroxyl groups is 1. The van der Waals surface area contributed by atoms with E-state index in [-0.39, 0.29) is 6.61 Å². The van der Waals surface area contributed by atoms with Crippen LogP contribution >= 0.6 is 0 Å². The number of nitrogens with zero attached hydrogens (tertiary/aromatic N) is 3. The molecule has 4 nitrogen and oxygen atoms in total. The molecular formula is C13H21N3O. The van der Waals surface area contributed by atoms with Crippen LogP contribution in [0.4, 0.5) is 5.69 Å². The molecule has 1 aromatic heterocycles. The number of pyridine rings is 1. The highest BCUT2D eigenvalue weighted by Gasteiger charge is 2.21. The average Bonchev–Trinajstić information content (AvgIpc) is 2.39. The average molecular weight is 235 g/mol. The molecule has 1 fully saturated rings. The van der Waals surface area contributed by atoms with E-state index in [9.17, 15) is 5.11 Å². The van der Waals surface area contributed by atoms with Gasteiger partial charge in [0.05, 0.1) is 18.5 Å². The molecule has 2 rings (SSSR count). The predicted molar refractivity (Wildman–Crippen MR) is 69.1 cm³/mol. The highest BCUT2D eigenvalue weighted by molar-refractivity contribution is 5.51. The van der Waals surface area contributed by atoms with Gasteiger partial charge in [-0.1, -0.05) is 0 Å². The fourth-order valence-corrected chi connectivity index (χ4v) is 2.46. The third-order valence-corrected chi connectivity index (χ3v) is 3.59. The van der Waals surface area contributed by atoms with Gasteiger partial charge in [0.1, 0.15) is 0 Å². The summed E-state index contributed by atoms with van der Waals surface area (Å²) in [6.07, 6.45) is 5.95. The molecule has 17 heavy (non-hydrogen) atoms. The van der Waals surface area contributed by atoms with Gasteiger partial charge >= 0.3 is 0 Å². The van der Waals surface area contributed by atoms with Gasteiger partial charge in [-0.15, -0.1) is 0 Å². The number of anilines is 1. The first-order valence-electron chi connectivity index (χ1n) is 6.17. The largest absolute Gasteiger partial charge is 0.392 e. The van der Waals surface area contributed by atoms with Crippen LogP contribution in [0.15, 0.2) is 18.5 Å². The maximum Gasteiger partial charge on any atom is 0.0703 e. The van der Waals surface area contributed by atoms with Gasteiger partial charge in [-0.2, -0.15) is 0 Å². The van der Waals surface area contributed by atoms with Crippen LogP contribution in [0.2, 0.25) is 0 Å². The molecule has 0 saturated carbocycles. The van der Waals surface area contributed by atoms with Crippen molar-refractivity contribution < 1.29 is 5.11 Å². The van der Waals surface area contributed by atoms with Crippen molar-refractivity contribution in [1.82, 2.24) is 9.88 Å². The molecule has 0 radical (unpaired) electrons. The highest BCUT2D eigenvalue weighted by Crippen LogP contribution is 2.24. The van der Waals surface area contributed by atoms with Crippen LogP contribution in [0.25, 0.3) is 0 Å². The molecule has 0 aromatic carbocycles. The van der Waals surface area contributed by atoms with E-state index in [1.54, 1.807) is 6.20 Å². The Labute approximate surface area is 103 Å². The van der Waals surface area contributed by atoms with Crippen LogP contribution in [0, 0.1) is 0 Å². The van der Waals surface area contributed by atoms with Gasteiger partial charge < -0.3 is 14.9 Å². The van der Waals surface area contributed by atoms with Crippen molar-refractivity contribution in [2.75, 3.05) is 32.1 Å². The Morgan fingerprint density at radius 3 is 2.71 bits per heavy atom. The van der Waals surface area contributed by atoms with E-state index in [0.29, 0.717) is 6.04 Å². The summed E-state index contributed by atoms with van der Waals surface area (Å²) >= 11 is 0. The van der Waals surface area contributed by atoms with Crippen molar-refractivity contribution in [2.45, 2.75) is 25.5 Å². The number of aromatic nitrogens is 1. The van der Waals surface area contributed by atoms with Crippen LogP contribution in [-0.2, 0) is 6.61 Å². The molecule has 4 heteroatoms. The number of hydrogen-bond donors (Lipinski definition) is 1. The maximum atomic E-state index is 9.33. The van der Waals surface area contributed by atoms with Crippen LogP contribution in [-0.4, -0.2) is 48.2 Å². The number of hydrogen-bond acceptors (Lipinski definition) is 4. The zero-order valence-corrected chi connectivity index (χ0v) is 10.6. The fraction of sp³-hybridized carbons (Fsp3) is 0.615. The minimum Gasteiger partial charge on any atom is -0.392 e. The fourth-order valence-electron chi connectivity index (χ4n) is 2.46. The summed E-state index contributed by atoms with van der Waals surface area (Å²) < 4.78 is 0. The molecule has 0 bridgehead atoms. The SMILES string of the molecule is CN(C)C1CCN(c2cnccc2CO)CC1. The van der Waals surface area contributed by atoms with E-state index in [4.69, 9.17) is 0 Å². The van der Waals surface area contributed by atoms with Crippen molar-refractivity contribution in [3.63, 3.8) is 0 Å².